The van der Waals surface area contributed by atoms with E-state index < -0.39 is 0 Å². The van der Waals surface area contributed by atoms with Crippen LogP contribution in [0.5, 0.6) is 0 Å². The van der Waals surface area contributed by atoms with Gasteiger partial charge in [-0.05, 0) is 25.1 Å². The minimum Gasteiger partial charge on any atom is -1.00 e. The van der Waals surface area contributed by atoms with Crippen LogP contribution in [0.2, 0.25) is 0 Å². The zero-order chi connectivity index (χ0) is 15.2. The number of nitrogens with zero attached hydrogens (tertiary/aromatic N) is 1. The van der Waals surface area contributed by atoms with E-state index in [4.69, 9.17) is 4.99 Å². The van der Waals surface area contributed by atoms with E-state index in [9.17, 15) is 0 Å². The van der Waals surface area contributed by atoms with Gasteiger partial charge in [-0.2, -0.15) is 0 Å². The lowest BCUT2D eigenvalue weighted by Gasteiger charge is -2.09. The predicted molar refractivity (Wildman–Crippen MR) is 90.4 cm³/mol. The molecule has 0 atom stereocenters. The van der Waals surface area contributed by atoms with Crippen LogP contribution in [-0.4, -0.2) is 5.84 Å². The Morgan fingerprint density at radius 1 is 0.913 bits per heavy atom. The van der Waals surface area contributed by atoms with Crippen molar-refractivity contribution in [3.63, 3.8) is 0 Å². The molecule has 0 saturated carbocycles. The molecule has 3 rings (SSSR count). The van der Waals surface area contributed by atoms with E-state index in [2.05, 4.69) is 29.4 Å². The van der Waals surface area contributed by atoms with Crippen molar-refractivity contribution in [2.45, 2.75) is 6.92 Å². The standard InChI is InChI=1S/C19H17N3.ClH/c1-15-9-11-17(12-10-15)21-19(16-6-3-2-4-7-16)22-18-8-5-13-20-14-18;/h2-14H,1H3,(H,21,22);1H. The van der Waals surface area contributed by atoms with Crippen LogP contribution in [-0.2, 0) is 0 Å². The molecule has 0 aliphatic rings. The third-order valence-corrected chi connectivity index (χ3v) is 3.29. The predicted octanol–water partition coefficient (Wildman–Crippen LogP) is 1.00. The van der Waals surface area contributed by atoms with E-state index in [0.29, 0.717) is 0 Å². The fourth-order valence-corrected chi connectivity index (χ4v) is 2.12. The first kappa shape index (κ1) is 16.7. The molecule has 1 heterocycles. The first-order valence-corrected chi connectivity index (χ1v) is 7.25. The van der Waals surface area contributed by atoms with Crippen LogP contribution in [0.3, 0.4) is 0 Å². The zero-order valence-electron chi connectivity index (χ0n) is 12.8. The molecule has 0 fully saturated rings. The first-order chi connectivity index (χ1) is 10.8. The quantitative estimate of drug-likeness (QED) is 0.567. The summed E-state index contributed by atoms with van der Waals surface area (Å²) in [7, 11) is 0. The Bertz CT molecular complexity index is 754. The maximum atomic E-state index is 4.76. The number of benzene rings is 2. The first-order valence-electron chi connectivity index (χ1n) is 7.25. The molecule has 0 radical (unpaired) electrons. The van der Waals surface area contributed by atoms with Gasteiger partial charge in [0, 0.05) is 11.6 Å². The molecule has 0 saturated heterocycles. The second-order valence-corrected chi connectivity index (χ2v) is 5.08. The third kappa shape index (κ3) is 4.66. The molecule has 0 aliphatic carbocycles. The Hall–Kier alpha value is -2.65. The second-order valence-electron chi connectivity index (χ2n) is 5.08. The average molecular weight is 324 g/mol. The average Bonchev–Trinajstić information content (AvgIpc) is 2.58. The Morgan fingerprint density at radius 2 is 1.65 bits per heavy atom. The molecule has 3 nitrogen and oxygen atoms in total. The number of halogens is 1. The highest BCUT2D eigenvalue weighted by Crippen LogP contribution is 2.16. The van der Waals surface area contributed by atoms with Gasteiger partial charge in [-0.3, -0.25) is 0 Å². The van der Waals surface area contributed by atoms with Crippen molar-refractivity contribution in [3.8, 4) is 0 Å². The molecule has 2 aromatic carbocycles. The van der Waals surface area contributed by atoms with Gasteiger partial charge in [-0.15, -0.1) is 0 Å². The van der Waals surface area contributed by atoms with Gasteiger partial charge in [0.1, 0.15) is 11.5 Å². The van der Waals surface area contributed by atoms with Crippen molar-refractivity contribution in [2.24, 2.45) is 4.99 Å². The molecule has 116 valence electrons. The highest BCUT2D eigenvalue weighted by molar-refractivity contribution is 6.09. The van der Waals surface area contributed by atoms with Gasteiger partial charge in [0.15, 0.2) is 12.4 Å². The molecular weight excluding hydrogens is 306 g/mol. The van der Waals surface area contributed by atoms with E-state index in [-0.39, 0.29) is 12.4 Å². The molecular formula is C19H18ClN3. The fraction of sp³-hybridized carbons (Fsp3) is 0.0526. The number of aromatic amines is 1. The van der Waals surface area contributed by atoms with E-state index in [1.807, 2.05) is 67.0 Å². The van der Waals surface area contributed by atoms with Crippen molar-refractivity contribution in [2.75, 3.05) is 5.32 Å². The van der Waals surface area contributed by atoms with E-state index in [1.165, 1.54) is 5.56 Å². The Labute approximate surface area is 142 Å². The van der Waals surface area contributed by atoms with Crippen LogP contribution in [0.25, 0.3) is 0 Å². The number of aromatic nitrogens is 1. The molecule has 0 bridgehead atoms. The summed E-state index contributed by atoms with van der Waals surface area (Å²) in [6.07, 6.45) is 3.79. The van der Waals surface area contributed by atoms with Gasteiger partial charge in [-0.1, -0.05) is 48.0 Å². The number of pyridine rings is 1. The van der Waals surface area contributed by atoms with Crippen molar-refractivity contribution in [1.29, 1.82) is 0 Å². The van der Waals surface area contributed by atoms with Crippen LogP contribution in [0.1, 0.15) is 11.1 Å². The molecule has 4 heteroatoms. The third-order valence-electron chi connectivity index (χ3n) is 3.29. The normalized spacial score (nSPS) is 10.7. The summed E-state index contributed by atoms with van der Waals surface area (Å²) in [6, 6.07) is 22.3. The summed E-state index contributed by atoms with van der Waals surface area (Å²) in [5.74, 6) is 0.823. The number of aryl methyl sites for hydroxylation is 1. The molecule has 0 aliphatic heterocycles. The molecule has 0 amide bonds. The van der Waals surface area contributed by atoms with Gasteiger partial charge < -0.3 is 17.7 Å². The Balaban J connectivity index is 0.00000192. The maximum absolute atomic E-state index is 4.76. The highest BCUT2D eigenvalue weighted by atomic mass is 35.5. The smallest absolute Gasteiger partial charge is 0.190 e. The number of anilines is 1. The van der Waals surface area contributed by atoms with E-state index in [1.54, 1.807) is 0 Å². The summed E-state index contributed by atoms with van der Waals surface area (Å²) in [5, 5.41) is 3.38. The summed E-state index contributed by atoms with van der Waals surface area (Å²) in [5.41, 5.74) is 4.17. The van der Waals surface area contributed by atoms with Crippen LogP contribution in [0.4, 0.5) is 11.4 Å². The van der Waals surface area contributed by atoms with Crippen molar-refractivity contribution in [1.82, 2.24) is 0 Å². The van der Waals surface area contributed by atoms with Crippen LogP contribution >= 0.6 is 0 Å². The summed E-state index contributed by atoms with van der Waals surface area (Å²) in [6.45, 7) is 2.07. The highest BCUT2D eigenvalue weighted by Gasteiger charge is 2.05. The number of hydrogen-bond donors (Lipinski definition) is 1. The van der Waals surface area contributed by atoms with Crippen molar-refractivity contribution < 1.29 is 17.4 Å². The summed E-state index contributed by atoms with van der Waals surface area (Å²) < 4.78 is 0. The van der Waals surface area contributed by atoms with E-state index >= 15 is 0 Å². The molecule has 1 aromatic heterocycles. The monoisotopic (exact) mass is 323 g/mol. The number of nitrogens with one attached hydrogen (secondary N) is 2. The van der Waals surface area contributed by atoms with Crippen LogP contribution in [0, 0.1) is 6.92 Å². The van der Waals surface area contributed by atoms with Crippen molar-refractivity contribution in [3.05, 3.63) is 90.3 Å². The molecule has 2 N–H and O–H groups in total. The minimum atomic E-state index is 0. The summed E-state index contributed by atoms with van der Waals surface area (Å²) >= 11 is 0. The van der Waals surface area contributed by atoms with Crippen molar-refractivity contribution >= 4 is 17.2 Å². The minimum absolute atomic E-state index is 0. The lowest BCUT2D eigenvalue weighted by atomic mass is 10.2. The fourth-order valence-electron chi connectivity index (χ4n) is 2.12. The van der Waals surface area contributed by atoms with E-state index in [0.717, 1.165) is 22.8 Å². The molecule has 0 spiro atoms. The zero-order valence-corrected chi connectivity index (χ0v) is 13.6. The molecule has 23 heavy (non-hydrogen) atoms. The molecule has 3 aromatic rings. The van der Waals surface area contributed by atoms with Crippen LogP contribution in [0.15, 0.2) is 84.1 Å². The van der Waals surface area contributed by atoms with Gasteiger partial charge >= 0.3 is 0 Å². The van der Waals surface area contributed by atoms with Gasteiger partial charge in [0.05, 0.1) is 5.69 Å². The SMILES string of the molecule is Cc1ccc(N=C(Nc2ccc[nH+]c2)c2ccccc2)cc1.[Cl-]. The number of aliphatic imine (C=N–C) groups is 1. The maximum Gasteiger partial charge on any atom is 0.190 e. The number of rotatable bonds is 3. The number of amidine groups is 1. The lowest BCUT2D eigenvalue weighted by Crippen LogP contribution is -3.00. The topological polar surface area (TPSA) is 38.5 Å². The van der Waals surface area contributed by atoms with Gasteiger partial charge in [0.25, 0.3) is 0 Å². The number of hydrogen-bond acceptors (Lipinski definition) is 1. The lowest BCUT2D eigenvalue weighted by molar-refractivity contribution is -0.377. The Morgan fingerprint density at radius 3 is 2.30 bits per heavy atom. The second kappa shape index (κ2) is 8.11. The number of H-pyrrole nitrogens is 1. The largest absolute Gasteiger partial charge is 1.00 e. The van der Waals surface area contributed by atoms with Gasteiger partial charge in [0.2, 0.25) is 0 Å². The van der Waals surface area contributed by atoms with Gasteiger partial charge in [-0.25, -0.2) is 9.98 Å². The Kier molecular flexibility index (Phi) is 5.89. The molecule has 0 unspecified atom stereocenters. The summed E-state index contributed by atoms with van der Waals surface area (Å²) in [4.78, 5) is 7.83. The van der Waals surface area contributed by atoms with Crippen LogP contribution < -0.4 is 22.7 Å².